The monoisotopic (exact) mass is 475 g/mol. The number of benzene rings is 1. The van der Waals surface area contributed by atoms with Crippen LogP contribution >= 0.6 is 0 Å². The summed E-state index contributed by atoms with van der Waals surface area (Å²) in [5.74, 6) is -2.29. The molecule has 3 heterocycles. The minimum Gasteiger partial charge on any atom is -0.351 e. The summed E-state index contributed by atoms with van der Waals surface area (Å²) in [6, 6.07) is 1.54. The fraction of sp³-hybridized carbons (Fsp3) is 0.478. The number of fused-ring (bicyclic) bond motifs is 1. The van der Waals surface area contributed by atoms with Gasteiger partial charge in [-0.15, -0.1) is 0 Å². The van der Waals surface area contributed by atoms with E-state index in [-0.39, 0.29) is 11.9 Å². The summed E-state index contributed by atoms with van der Waals surface area (Å²) in [5.41, 5.74) is 0.396. The molecule has 1 aliphatic heterocycles. The largest absolute Gasteiger partial charge is 0.351 e. The van der Waals surface area contributed by atoms with E-state index in [1.54, 1.807) is 13.1 Å². The fourth-order valence-corrected chi connectivity index (χ4v) is 4.18. The average Bonchev–Trinajstić information content (AvgIpc) is 3.47. The lowest BCUT2D eigenvalue weighted by molar-refractivity contribution is -0.127. The van der Waals surface area contributed by atoms with Crippen LogP contribution in [-0.4, -0.2) is 49.9 Å². The number of imidazole rings is 1. The van der Waals surface area contributed by atoms with Crippen LogP contribution in [0.2, 0.25) is 0 Å². The molecule has 34 heavy (non-hydrogen) atoms. The number of rotatable bonds is 4. The molecular weight excluding hydrogens is 447 g/mol. The maximum Gasteiger partial charge on any atom is 0.225 e. The Labute approximate surface area is 195 Å². The Morgan fingerprint density at radius 1 is 1.03 bits per heavy atom. The highest BCUT2D eigenvalue weighted by Gasteiger charge is 2.17. The second-order valence-corrected chi connectivity index (χ2v) is 8.58. The van der Waals surface area contributed by atoms with E-state index in [4.69, 9.17) is 0 Å². The van der Waals surface area contributed by atoms with Crippen molar-refractivity contribution >= 4 is 34.7 Å². The first-order valence-electron chi connectivity index (χ1n) is 11.6. The van der Waals surface area contributed by atoms with Crippen molar-refractivity contribution in [1.82, 2.24) is 24.8 Å². The number of likely N-dealkylation sites (tertiary alicyclic amines) is 1. The quantitative estimate of drug-likeness (QED) is 0.497. The zero-order valence-corrected chi connectivity index (χ0v) is 19.0. The number of hydrogen-bond acceptors (Lipinski definition) is 6. The highest BCUT2D eigenvalue weighted by Crippen LogP contribution is 2.25. The van der Waals surface area contributed by atoms with Crippen molar-refractivity contribution in [3.05, 3.63) is 35.8 Å². The van der Waals surface area contributed by atoms with Crippen LogP contribution in [0.5, 0.6) is 0 Å². The number of anilines is 3. The molecule has 0 atom stereocenters. The third kappa shape index (κ3) is 5.95. The average molecular weight is 476 g/mol. The topological polar surface area (TPSA) is 98.8 Å². The van der Waals surface area contributed by atoms with Crippen molar-refractivity contribution in [1.29, 1.82) is 0 Å². The number of nitrogens with zero attached hydrogens (tertiary/aromatic N) is 4. The SMILES string of the molecule is CC(=O)N1CCCC1.Fc1cc(F)c(Nc2nc3nc(NC4CCCCC4)ncc3[nH]2)c(F)c1. The lowest BCUT2D eigenvalue weighted by Crippen LogP contribution is -2.24. The van der Waals surface area contributed by atoms with Crippen LogP contribution in [-0.2, 0) is 4.79 Å². The van der Waals surface area contributed by atoms with Gasteiger partial charge in [0.2, 0.25) is 17.8 Å². The molecule has 0 spiro atoms. The van der Waals surface area contributed by atoms with E-state index < -0.39 is 23.1 Å². The maximum absolute atomic E-state index is 13.8. The van der Waals surface area contributed by atoms with Crippen LogP contribution in [0.1, 0.15) is 51.9 Å². The smallest absolute Gasteiger partial charge is 0.225 e. The highest BCUT2D eigenvalue weighted by molar-refractivity contribution is 5.75. The number of carbonyl (C=O) groups is 1. The number of carbonyl (C=O) groups excluding carboxylic acids is 1. The summed E-state index contributed by atoms with van der Waals surface area (Å²) in [5, 5.41) is 5.78. The van der Waals surface area contributed by atoms with E-state index in [1.807, 2.05) is 4.90 Å². The number of amides is 1. The number of aromatic amines is 1. The van der Waals surface area contributed by atoms with Gasteiger partial charge in [-0.3, -0.25) is 4.79 Å². The van der Waals surface area contributed by atoms with E-state index in [0.717, 1.165) is 25.9 Å². The molecule has 8 nitrogen and oxygen atoms in total. The van der Waals surface area contributed by atoms with Gasteiger partial charge in [0.15, 0.2) is 17.3 Å². The molecule has 3 aromatic rings. The molecule has 1 saturated carbocycles. The van der Waals surface area contributed by atoms with Gasteiger partial charge in [-0.1, -0.05) is 19.3 Å². The van der Waals surface area contributed by atoms with Gasteiger partial charge in [0.1, 0.15) is 17.0 Å². The molecule has 1 aliphatic carbocycles. The van der Waals surface area contributed by atoms with E-state index in [9.17, 15) is 18.0 Å². The van der Waals surface area contributed by atoms with Crippen molar-refractivity contribution < 1.29 is 18.0 Å². The Hall–Kier alpha value is -3.37. The van der Waals surface area contributed by atoms with Gasteiger partial charge in [-0.2, -0.15) is 9.97 Å². The molecule has 1 amide bonds. The summed E-state index contributed by atoms with van der Waals surface area (Å²) in [6.45, 7) is 3.59. The first-order valence-corrected chi connectivity index (χ1v) is 11.6. The Kier molecular flexibility index (Phi) is 7.49. The van der Waals surface area contributed by atoms with Gasteiger partial charge in [0.25, 0.3) is 0 Å². The van der Waals surface area contributed by atoms with Crippen molar-refractivity contribution in [3.63, 3.8) is 0 Å². The second kappa shape index (κ2) is 10.7. The predicted molar refractivity (Wildman–Crippen MR) is 123 cm³/mol. The number of H-pyrrole nitrogens is 1. The van der Waals surface area contributed by atoms with Crippen LogP contribution in [0.15, 0.2) is 18.3 Å². The normalized spacial score (nSPS) is 16.3. The highest BCUT2D eigenvalue weighted by atomic mass is 19.1. The van der Waals surface area contributed by atoms with Crippen molar-refractivity contribution in [2.45, 2.75) is 57.9 Å². The van der Waals surface area contributed by atoms with Gasteiger partial charge >= 0.3 is 0 Å². The Morgan fingerprint density at radius 2 is 1.71 bits per heavy atom. The van der Waals surface area contributed by atoms with Gasteiger partial charge in [-0.25, -0.2) is 18.2 Å². The van der Waals surface area contributed by atoms with Crippen LogP contribution < -0.4 is 10.6 Å². The number of aromatic nitrogens is 4. The lowest BCUT2D eigenvalue weighted by Gasteiger charge is -2.22. The molecule has 0 radical (unpaired) electrons. The van der Waals surface area contributed by atoms with E-state index in [2.05, 4.69) is 30.6 Å². The van der Waals surface area contributed by atoms with Crippen molar-refractivity contribution in [2.24, 2.45) is 0 Å². The number of halogens is 3. The first kappa shape index (κ1) is 23.8. The van der Waals surface area contributed by atoms with Crippen molar-refractivity contribution in [3.8, 4) is 0 Å². The van der Waals surface area contributed by atoms with Gasteiger partial charge in [0.05, 0.1) is 6.20 Å². The molecule has 2 aliphatic rings. The molecule has 11 heteroatoms. The number of hydrogen-bond donors (Lipinski definition) is 3. The van der Waals surface area contributed by atoms with Crippen LogP contribution in [0.3, 0.4) is 0 Å². The molecular formula is C23H28F3N7O. The Morgan fingerprint density at radius 3 is 2.32 bits per heavy atom. The molecule has 1 saturated heterocycles. The minimum absolute atomic E-state index is 0.0912. The summed E-state index contributed by atoms with van der Waals surface area (Å²) >= 11 is 0. The summed E-state index contributed by atoms with van der Waals surface area (Å²) in [7, 11) is 0. The zero-order valence-electron chi connectivity index (χ0n) is 19.0. The van der Waals surface area contributed by atoms with Crippen LogP contribution in [0.25, 0.3) is 11.2 Å². The Bertz CT molecular complexity index is 1120. The van der Waals surface area contributed by atoms with E-state index >= 15 is 0 Å². The lowest BCUT2D eigenvalue weighted by atomic mass is 9.96. The van der Waals surface area contributed by atoms with Gasteiger partial charge < -0.3 is 20.5 Å². The van der Waals surface area contributed by atoms with E-state index in [1.165, 1.54) is 32.1 Å². The molecule has 0 bridgehead atoms. The zero-order chi connectivity index (χ0) is 24.1. The molecule has 2 aromatic heterocycles. The van der Waals surface area contributed by atoms with Crippen molar-refractivity contribution in [2.75, 3.05) is 23.7 Å². The molecule has 0 unspecified atom stereocenters. The fourth-order valence-electron chi connectivity index (χ4n) is 4.18. The molecule has 182 valence electrons. The molecule has 2 fully saturated rings. The van der Waals surface area contributed by atoms with Gasteiger partial charge in [-0.05, 0) is 25.7 Å². The minimum atomic E-state index is -1.05. The predicted octanol–water partition coefficient (Wildman–Crippen LogP) is 4.89. The van der Waals surface area contributed by atoms with Gasteiger partial charge in [0, 0.05) is 38.2 Å². The second-order valence-electron chi connectivity index (χ2n) is 8.58. The molecule has 5 rings (SSSR count). The maximum atomic E-state index is 13.8. The third-order valence-corrected chi connectivity index (χ3v) is 5.98. The Balaban J connectivity index is 0.000000291. The summed E-state index contributed by atoms with van der Waals surface area (Å²) in [4.78, 5) is 28.1. The number of nitrogens with one attached hydrogen (secondary N) is 3. The third-order valence-electron chi connectivity index (χ3n) is 5.98. The summed E-state index contributed by atoms with van der Waals surface area (Å²) < 4.78 is 40.5. The summed E-state index contributed by atoms with van der Waals surface area (Å²) in [6.07, 6.45) is 9.73. The van der Waals surface area contributed by atoms with Crippen LogP contribution in [0.4, 0.5) is 30.8 Å². The first-order chi connectivity index (χ1) is 16.4. The molecule has 1 aromatic carbocycles. The van der Waals surface area contributed by atoms with E-state index in [0.29, 0.717) is 35.3 Å². The molecule has 3 N–H and O–H groups in total. The standard InChI is InChI=1S/C17H17F3N6.C6H11NO/c18-9-6-11(19)14(12(20)7-9)24-17-23-13-8-21-16(25-15(13)26-17)22-10-4-2-1-3-5-10;1-6(8)7-4-2-3-5-7/h6-8,10H,1-5H2,(H3,21,22,23,24,25,26);2-5H2,1H3. The van der Waals surface area contributed by atoms with Crippen LogP contribution in [0, 0.1) is 17.5 Å².